The molecule has 0 aliphatic carbocycles. The molecule has 0 fully saturated rings. The average Bonchev–Trinajstić information content (AvgIpc) is 2.08. The van der Waals surface area contributed by atoms with E-state index in [1.165, 1.54) is 20.0 Å². The summed E-state index contributed by atoms with van der Waals surface area (Å²) < 4.78 is 0. The molecule has 0 atom stereocenters. The van der Waals surface area contributed by atoms with Gasteiger partial charge in [-0.1, -0.05) is 12.8 Å². The molecule has 0 saturated carbocycles. The molecular formula is C8H19IrN2O2-. The SMILES string of the molecule is CONC=O.[CH2-]CCCCCN.[Ir]. The summed E-state index contributed by atoms with van der Waals surface area (Å²) in [6.45, 7) is 4.55. The molecule has 0 saturated heterocycles. The monoisotopic (exact) mass is 368 g/mol. The van der Waals surface area contributed by atoms with Crippen LogP contribution in [-0.2, 0) is 29.7 Å². The second-order valence-electron chi connectivity index (χ2n) is 2.14. The van der Waals surface area contributed by atoms with E-state index < -0.39 is 0 Å². The van der Waals surface area contributed by atoms with Gasteiger partial charge in [0, 0.05) is 20.1 Å². The van der Waals surface area contributed by atoms with Gasteiger partial charge in [-0.3, -0.25) is 9.63 Å². The van der Waals surface area contributed by atoms with Gasteiger partial charge < -0.3 is 12.7 Å². The fraction of sp³-hybridized carbons (Fsp3) is 0.750. The van der Waals surface area contributed by atoms with Gasteiger partial charge in [-0.15, -0.1) is 0 Å². The Morgan fingerprint density at radius 3 is 2.31 bits per heavy atom. The van der Waals surface area contributed by atoms with Crippen molar-refractivity contribution >= 4 is 6.41 Å². The van der Waals surface area contributed by atoms with Crippen LogP contribution in [0.2, 0.25) is 0 Å². The topological polar surface area (TPSA) is 64.3 Å². The van der Waals surface area contributed by atoms with Crippen molar-refractivity contribution in [2.24, 2.45) is 5.73 Å². The molecule has 0 spiro atoms. The predicted molar refractivity (Wildman–Crippen MR) is 49.1 cm³/mol. The Morgan fingerprint density at radius 2 is 2.08 bits per heavy atom. The zero-order valence-electron chi connectivity index (χ0n) is 8.05. The number of carbonyl (C=O) groups excluding carboxylic acids is 1. The fourth-order valence-electron chi connectivity index (χ4n) is 0.546. The minimum atomic E-state index is 0. The van der Waals surface area contributed by atoms with Gasteiger partial charge in [0.2, 0.25) is 6.41 Å². The summed E-state index contributed by atoms with van der Waals surface area (Å²) in [5.41, 5.74) is 7.18. The number of nitrogens with one attached hydrogen (secondary N) is 1. The Kier molecular flexibility index (Phi) is 32.7. The van der Waals surface area contributed by atoms with Crippen LogP contribution in [0.3, 0.4) is 0 Å². The minimum Gasteiger partial charge on any atom is -0.343 e. The van der Waals surface area contributed by atoms with Gasteiger partial charge in [0.05, 0.1) is 7.11 Å². The average molecular weight is 367 g/mol. The first kappa shape index (κ1) is 18.8. The van der Waals surface area contributed by atoms with Crippen molar-refractivity contribution in [2.45, 2.75) is 25.7 Å². The van der Waals surface area contributed by atoms with E-state index >= 15 is 0 Å². The first-order valence-electron chi connectivity index (χ1n) is 4.04. The smallest absolute Gasteiger partial charge is 0.230 e. The fourth-order valence-corrected chi connectivity index (χ4v) is 0.546. The molecule has 13 heavy (non-hydrogen) atoms. The zero-order valence-corrected chi connectivity index (χ0v) is 10.4. The van der Waals surface area contributed by atoms with E-state index in [9.17, 15) is 0 Å². The maximum absolute atomic E-state index is 9.17. The minimum absolute atomic E-state index is 0. The molecule has 4 nitrogen and oxygen atoms in total. The molecule has 0 rings (SSSR count). The molecule has 0 aliphatic rings. The van der Waals surface area contributed by atoms with Crippen molar-refractivity contribution in [3.8, 4) is 0 Å². The third kappa shape index (κ3) is 33.3. The van der Waals surface area contributed by atoms with E-state index in [0.29, 0.717) is 6.41 Å². The second kappa shape index (κ2) is 22.7. The van der Waals surface area contributed by atoms with Crippen molar-refractivity contribution in [1.29, 1.82) is 0 Å². The Bertz CT molecular complexity index is 80.5. The van der Waals surface area contributed by atoms with E-state index in [1.54, 1.807) is 0 Å². The summed E-state index contributed by atoms with van der Waals surface area (Å²) in [5.74, 6) is 0. The second-order valence-corrected chi connectivity index (χ2v) is 2.14. The first-order chi connectivity index (χ1) is 5.83. The zero-order chi connectivity index (χ0) is 9.66. The molecule has 3 N–H and O–H groups in total. The Hall–Kier alpha value is 0.0394. The molecule has 0 unspecified atom stereocenters. The third-order valence-corrected chi connectivity index (χ3v) is 1.12. The summed E-state index contributed by atoms with van der Waals surface area (Å²) in [5, 5.41) is 0. The summed E-state index contributed by atoms with van der Waals surface area (Å²) in [4.78, 5) is 13.2. The van der Waals surface area contributed by atoms with Crippen LogP contribution in [0.1, 0.15) is 25.7 Å². The molecule has 1 amide bonds. The number of hydroxylamine groups is 1. The van der Waals surface area contributed by atoms with Crippen LogP contribution < -0.4 is 11.2 Å². The summed E-state index contributed by atoms with van der Waals surface area (Å²) >= 11 is 0. The van der Waals surface area contributed by atoms with Crippen molar-refractivity contribution in [3.05, 3.63) is 6.92 Å². The molecule has 5 heteroatoms. The maximum Gasteiger partial charge on any atom is 0.230 e. The molecule has 0 aliphatic heterocycles. The van der Waals surface area contributed by atoms with E-state index in [2.05, 4.69) is 11.8 Å². The predicted octanol–water partition coefficient (Wildman–Crippen LogP) is 0.631. The quantitative estimate of drug-likeness (QED) is 0.313. The van der Waals surface area contributed by atoms with Crippen LogP contribution in [0.5, 0.6) is 0 Å². The van der Waals surface area contributed by atoms with Crippen molar-refractivity contribution in [2.75, 3.05) is 13.7 Å². The molecule has 0 aromatic carbocycles. The van der Waals surface area contributed by atoms with Crippen LogP contribution >= 0.6 is 0 Å². The number of hydrogen-bond donors (Lipinski definition) is 2. The Morgan fingerprint density at radius 1 is 1.46 bits per heavy atom. The molecule has 0 aromatic rings. The Labute approximate surface area is 93.9 Å². The number of nitrogens with two attached hydrogens (primary N) is 1. The third-order valence-electron chi connectivity index (χ3n) is 1.12. The summed E-state index contributed by atoms with van der Waals surface area (Å²) in [7, 11) is 1.37. The van der Waals surface area contributed by atoms with Gasteiger partial charge in [-0.25, -0.2) is 5.48 Å². The normalized spacial score (nSPS) is 7.62. The molecular weight excluding hydrogens is 348 g/mol. The summed E-state index contributed by atoms with van der Waals surface area (Å²) in [6.07, 6.45) is 5.16. The van der Waals surface area contributed by atoms with Gasteiger partial charge in [0.15, 0.2) is 0 Å². The van der Waals surface area contributed by atoms with E-state index in [0.717, 1.165) is 19.4 Å². The van der Waals surface area contributed by atoms with E-state index in [-0.39, 0.29) is 20.1 Å². The van der Waals surface area contributed by atoms with Gasteiger partial charge in [-0.05, 0) is 13.0 Å². The molecule has 0 aromatic heterocycles. The van der Waals surface area contributed by atoms with Crippen LogP contribution in [0.25, 0.3) is 0 Å². The molecule has 1 radical (unpaired) electrons. The number of rotatable bonds is 6. The van der Waals surface area contributed by atoms with Crippen molar-refractivity contribution in [1.82, 2.24) is 5.48 Å². The number of unbranched alkanes of at least 4 members (excludes halogenated alkanes) is 3. The Balaban J connectivity index is -0.000000150. The van der Waals surface area contributed by atoms with Crippen molar-refractivity contribution < 1.29 is 29.7 Å². The molecule has 0 heterocycles. The van der Waals surface area contributed by atoms with Crippen molar-refractivity contribution in [3.63, 3.8) is 0 Å². The maximum atomic E-state index is 9.17. The van der Waals surface area contributed by atoms with Crippen LogP contribution in [0, 0.1) is 6.92 Å². The number of amides is 1. The van der Waals surface area contributed by atoms with Crippen LogP contribution in [0.4, 0.5) is 0 Å². The number of hydrogen-bond acceptors (Lipinski definition) is 3. The van der Waals surface area contributed by atoms with Gasteiger partial charge in [-0.2, -0.15) is 6.42 Å². The van der Waals surface area contributed by atoms with Crippen LogP contribution in [0.15, 0.2) is 0 Å². The molecule has 83 valence electrons. The number of carbonyl (C=O) groups is 1. The molecule has 0 bridgehead atoms. The standard InChI is InChI=1S/C6H14N.C2H5NO2.Ir/c1-2-3-4-5-6-7;1-5-3-2-4;/h1-7H2;2H,1H3,(H,3,4);/q-1;;. The largest absolute Gasteiger partial charge is 0.343 e. The van der Waals surface area contributed by atoms with Gasteiger partial charge in [0.1, 0.15) is 0 Å². The van der Waals surface area contributed by atoms with Crippen LogP contribution in [-0.4, -0.2) is 20.1 Å². The summed E-state index contributed by atoms with van der Waals surface area (Å²) in [6, 6.07) is 0. The van der Waals surface area contributed by atoms with E-state index in [1.807, 2.05) is 5.48 Å². The van der Waals surface area contributed by atoms with Gasteiger partial charge >= 0.3 is 0 Å². The van der Waals surface area contributed by atoms with E-state index in [4.69, 9.17) is 10.5 Å². The van der Waals surface area contributed by atoms with Gasteiger partial charge in [0.25, 0.3) is 0 Å². The first-order valence-corrected chi connectivity index (χ1v) is 4.04.